The van der Waals surface area contributed by atoms with Gasteiger partial charge in [-0.2, -0.15) is 0 Å². The zero-order chi connectivity index (χ0) is 20.8. The molecule has 30 heavy (non-hydrogen) atoms. The maximum absolute atomic E-state index is 12.1. The van der Waals surface area contributed by atoms with Gasteiger partial charge in [0, 0.05) is 24.0 Å². The molecule has 3 aromatic rings. The van der Waals surface area contributed by atoms with Crippen molar-refractivity contribution in [2.75, 3.05) is 17.4 Å². The van der Waals surface area contributed by atoms with E-state index in [4.69, 9.17) is 9.47 Å². The lowest BCUT2D eigenvalue weighted by molar-refractivity contribution is -0.121. The van der Waals surface area contributed by atoms with Gasteiger partial charge in [-0.05, 0) is 36.2 Å². The van der Waals surface area contributed by atoms with E-state index in [1.807, 2.05) is 41.8 Å². The Morgan fingerprint density at radius 2 is 1.87 bits per heavy atom. The molecule has 0 atom stereocenters. The van der Waals surface area contributed by atoms with Crippen LogP contribution in [0.15, 0.2) is 53.9 Å². The van der Waals surface area contributed by atoms with Gasteiger partial charge >= 0.3 is 6.03 Å². The molecular formula is C21H20N4O4S. The molecular weight excluding hydrogens is 404 g/mol. The minimum Gasteiger partial charge on any atom is -0.454 e. The number of aryl methyl sites for hydroxylation is 1. The van der Waals surface area contributed by atoms with Crippen molar-refractivity contribution in [2.24, 2.45) is 0 Å². The summed E-state index contributed by atoms with van der Waals surface area (Å²) in [5.41, 5.74) is 2.40. The molecule has 0 saturated heterocycles. The summed E-state index contributed by atoms with van der Waals surface area (Å²) >= 11 is 1.32. The van der Waals surface area contributed by atoms with Crippen LogP contribution in [-0.4, -0.2) is 23.7 Å². The number of rotatable bonds is 7. The first-order valence-electron chi connectivity index (χ1n) is 9.38. The molecule has 9 heteroatoms. The predicted molar refractivity (Wildman–Crippen MR) is 114 cm³/mol. The third-order valence-corrected chi connectivity index (χ3v) is 5.15. The van der Waals surface area contributed by atoms with Crippen LogP contribution in [0.25, 0.3) is 0 Å². The molecule has 0 saturated carbocycles. The number of nitrogens with zero attached hydrogens (tertiary/aromatic N) is 1. The monoisotopic (exact) mass is 424 g/mol. The molecule has 0 unspecified atom stereocenters. The SMILES string of the molecule is O=C(CCc1csc(NC(=O)Nc2ccccc2)n1)NCc1ccc2c(c1)OCO2. The highest BCUT2D eigenvalue weighted by atomic mass is 32.1. The van der Waals surface area contributed by atoms with Gasteiger partial charge in [0.05, 0.1) is 5.69 Å². The Balaban J connectivity index is 1.20. The standard InChI is InChI=1S/C21H20N4O4S/c26-19(22-11-14-6-8-17-18(10-14)29-13-28-17)9-7-16-12-30-21(24-16)25-20(27)23-15-4-2-1-3-5-15/h1-6,8,10,12H,7,9,11,13H2,(H,22,26)(H2,23,24,25,27). The fourth-order valence-corrected chi connectivity index (χ4v) is 3.58. The lowest BCUT2D eigenvalue weighted by Crippen LogP contribution is -2.23. The lowest BCUT2D eigenvalue weighted by atomic mass is 10.2. The van der Waals surface area contributed by atoms with E-state index in [1.54, 1.807) is 12.1 Å². The molecule has 2 heterocycles. The van der Waals surface area contributed by atoms with E-state index in [-0.39, 0.29) is 18.7 Å². The molecule has 1 aromatic heterocycles. The Hall–Kier alpha value is -3.59. The van der Waals surface area contributed by atoms with E-state index in [0.29, 0.717) is 36.0 Å². The number of fused-ring (bicyclic) bond motifs is 1. The number of thiazole rings is 1. The molecule has 0 bridgehead atoms. The van der Waals surface area contributed by atoms with Crippen LogP contribution in [0.5, 0.6) is 11.5 Å². The van der Waals surface area contributed by atoms with Gasteiger partial charge in [0.15, 0.2) is 16.6 Å². The first kappa shape index (κ1) is 19.7. The average molecular weight is 424 g/mol. The molecule has 8 nitrogen and oxygen atoms in total. The number of hydrogen-bond acceptors (Lipinski definition) is 6. The van der Waals surface area contributed by atoms with E-state index >= 15 is 0 Å². The summed E-state index contributed by atoms with van der Waals surface area (Å²) in [6.45, 7) is 0.641. The summed E-state index contributed by atoms with van der Waals surface area (Å²) in [4.78, 5) is 28.5. The smallest absolute Gasteiger partial charge is 0.325 e. The summed E-state index contributed by atoms with van der Waals surface area (Å²) in [6, 6.07) is 14.4. The number of para-hydroxylation sites is 1. The maximum atomic E-state index is 12.1. The van der Waals surface area contributed by atoms with Gasteiger partial charge in [0.1, 0.15) is 0 Å². The highest BCUT2D eigenvalue weighted by molar-refractivity contribution is 7.13. The van der Waals surface area contributed by atoms with E-state index in [9.17, 15) is 9.59 Å². The van der Waals surface area contributed by atoms with Crippen molar-refractivity contribution in [1.82, 2.24) is 10.3 Å². The molecule has 1 aliphatic rings. The summed E-state index contributed by atoms with van der Waals surface area (Å²) in [7, 11) is 0. The van der Waals surface area contributed by atoms with Crippen LogP contribution in [-0.2, 0) is 17.8 Å². The van der Waals surface area contributed by atoms with Crippen molar-refractivity contribution in [3.05, 3.63) is 65.2 Å². The van der Waals surface area contributed by atoms with Crippen LogP contribution in [0.2, 0.25) is 0 Å². The molecule has 154 valence electrons. The molecule has 3 N–H and O–H groups in total. The average Bonchev–Trinajstić information content (AvgIpc) is 3.40. The molecule has 0 aliphatic carbocycles. The number of carbonyl (C=O) groups is 2. The molecule has 1 aliphatic heterocycles. The minimum absolute atomic E-state index is 0.0722. The molecule has 4 rings (SSSR count). The topological polar surface area (TPSA) is 102 Å². The number of carbonyl (C=O) groups excluding carboxylic acids is 2. The lowest BCUT2D eigenvalue weighted by Gasteiger charge is -2.06. The number of aromatic nitrogens is 1. The van der Waals surface area contributed by atoms with Crippen LogP contribution >= 0.6 is 11.3 Å². The third kappa shape index (κ3) is 5.26. The van der Waals surface area contributed by atoms with E-state index < -0.39 is 0 Å². The van der Waals surface area contributed by atoms with Crippen molar-refractivity contribution < 1.29 is 19.1 Å². The van der Waals surface area contributed by atoms with E-state index in [0.717, 1.165) is 17.0 Å². The minimum atomic E-state index is -0.358. The van der Waals surface area contributed by atoms with Gasteiger partial charge in [-0.25, -0.2) is 9.78 Å². The molecule has 0 fully saturated rings. The van der Waals surface area contributed by atoms with Gasteiger partial charge < -0.3 is 20.1 Å². The number of amides is 3. The normalized spacial score (nSPS) is 11.7. The van der Waals surface area contributed by atoms with Crippen LogP contribution in [0.4, 0.5) is 15.6 Å². The Morgan fingerprint density at radius 1 is 1.03 bits per heavy atom. The van der Waals surface area contributed by atoms with Gasteiger partial charge in [-0.3, -0.25) is 10.1 Å². The highest BCUT2D eigenvalue weighted by Gasteiger charge is 2.13. The van der Waals surface area contributed by atoms with E-state index in [2.05, 4.69) is 20.9 Å². The Kier molecular flexibility index (Phi) is 6.09. The van der Waals surface area contributed by atoms with Crippen molar-refractivity contribution in [2.45, 2.75) is 19.4 Å². The Bertz CT molecular complexity index is 1040. The van der Waals surface area contributed by atoms with E-state index in [1.165, 1.54) is 11.3 Å². The quantitative estimate of drug-likeness (QED) is 0.536. The molecule has 0 radical (unpaired) electrons. The number of nitrogens with one attached hydrogen (secondary N) is 3. The fourth-order valence-electron chi connectivity index (χ4n) is 2.84. The van der Waals surface area contributed by atoms with Crippen LogP contribution < -0.4 is 25.4 Å². The zero-order valence-corrected chi connectivity index (χ0v) is 16.8. The van der Waals surface area contributed by atoms with Crippen LogP contribution in [0.3, 0.4) is 0 Å². The number of benzene rings is 2. The Labute approximate surface area is 177 Å². The van der Waals surface area contributed by atoms with Gasteiger partial charge in [-0.1, -0.05) is 24.3 Å². The van der Waals surface area contributed by atoms with Gasteiger partial charge in [0.25, 0.3) is 0 Å². The highest BCUT2D eigenvalue weighted by Crippen LogP contribution is 2.32. The van der Waals surface area contributed by atoms with Crippen molar-refractivity contribution in [3.8, 4) is 11.5 Å². The zero-order valence-electron chi connectivity index (χ0n) is 16.0. The largest absolute Gasteiger partial charge is 0.454 e. The summed E-state index contributed by atoms with van der Waals surface area (Å²) in [5.74, 6) is 1.34. The Morgan fingerprint density at radius 3 is 2.73 bits per heavy atom. The maximum Gasteiger partial charge on any atom is 0.325 e. The summed E-state index contributed by atoms with van der Waals surface area (Å²) in [6.07, 6.45) is 0.801. The first-order valence-corrected chi connectivity index (χ1v) is 10.3. The van der Waals surface area contributed by atoms with Crippen LogP contribution in [0, 0.1) is 0 Å². The first-order chi connectivity index (χ1) is 14.7. The second-order valence-electron chi connectivity index (χ2n) is 6.55. The number of ether oxygens (including phenoxy) is 2. The number of urea groups is 1. The van der Waals surface area contributed by atoms with Crippen molar-refractivity contribution in [3.63, 3.8) is 0 Å². The second kappa shape index (κ2) is 9.27. The van der Waals surface area contributed by atoms with Gasteiger partial charge in [-0.15, -0.1) is 11.3 Å². The van der Waals surface area contributed by atoms with Crippen molar-refractivity contribution in [1.29, 1.82) is 0 Å². The molecule has 0 spiro atoms. The third-order valence-electron chi connectivity index (χ3n) is 4.34. The molecule has 3 amide bonds. The predicted octanol–water partition coefficient (Wildman–Crippen LogP) is 3.76. The number of anilines is 2. The summed E-state index contributed by atoms with van der Waals surface area (Å²) in [5, 5.41) is 10.6. The second-order valence-corrected chi connectivity index (χ2v) is 7.41. The van der Waals surface area contributed by atoms with Crippen LogP contribution in [0.1, 0.15) is 17.7 Å². The molecule has 2 aromatic carbocycles. The number of hydrogen-bond donors (Lipinski definition) is 3. The fraction of sp³-hybridized carbons (Fsp3) is 0.190. The summed E-state index contributed by atoms with van der Waals surface area (Å²) < 4.78 is 10.6. The van der Waals surface area contributed by atoms with Gasteiger partial charge in [0.2, 0.25) is 12.7 Å². The van der Waals surface area contributed by atoms with Crippen molar-refractivity contribution >= 4 is 34.1 Å².